The van der Waals surface area contributed by atoms with E-state index in [-0.39, 0.29) is 0 Å². The predicted molar refractivity (Wildman–Crippen MR) is 84.1 cm³/mol. The summed E-state index contributed by atoms with van der Waals surface area (Å²) in [4.78, 5) is 4.29. The Morgan fingerprint density at radius 2 is 2.05 bits per heavy atom. The number of benzene rings is 1. The third kappa shape index (κ3) is 2.04. The molecule has 0 amide bonds. The normalized spacial score (nSPS) is 24.0. The Morgan fingerprint density at radius 3 is 2.90 bits per heavy atom. The van der Waals surface area contributed by atoms with Gasteiger partial charge in [-0.05, 0) is 36.5 Å². The molecule has 2 atom stereocenters. The Bertz CT molecular complexity index is 678. The molecule has 0 spiro atoms. The fourth-order valence-corrected chi connectivity index (χ4v) is 3.76. The van der Waals surface area contributed by atoms with Gasteiger partial charge in [0.2, 0.25) is 0 Å². The molecule has 4 rings (SSSR count). The van der Waals surface area contributed by atoms with Gasteiger partial charge < -0.3 is 0 Å². The molecule has 0 radical (unpaired) electrons. The molecule has 0 saturated carbocycles. The first-order valence-corrected chi connectivity index (χ1v) is 7.64. The van der Waals surface area contributed by atoms with Crippen molar-refractivity contribution in [1.29, 1.82) is 0 Å². The molecule has 1 aromatic carbocycles. The molecule has 2 unspecified atom stereocenters. The van der Waals surface area contributed by atoms with E-state index >= 15 is 0 Å². The minimum absolute atomic E-state index is 0.319. The third-order valence-electron chi connectivity index (χ3n) is 4.68. The number of pyridine rings is 1. The summed E-state index contributed by atoms with van der Waals surface area (Å²) >= 11 is 0. The summed E-state index contributed by atoms with van der Waals surface area (Å²) < 4.78 is 0. The van der Waals surface area contributed by atoms with Crippen molar-refractivity contribution in [2.24, 2.45) is 11.0 Å². The standard InChI is InChI=1S/C18H19N3/c1-21-18(14-8-5-11-19-12-14)16-10-4-7-13-6-2-3-9-15(13)17(16)20-21/h2-3,5-6,8-9,11-12,16,18H,4,7,10H2,1H3. The van der Waals surface area contributed by atoms with Crippen LogP contribution in [0.2, 0.25) is 0 Å². The lowest BCUT2D eigenvalue weighted by molar-refractivity contribution is 0.242. The summed E-state index contributed by atoms with van der Waals surface area (Å²) in [5, 5.41) is 7.02. The average molecular weight is 277 g/mol. The highest BCUT2D eigenvalue weighted by Gasteiger charge is 2.38. The maximum Gasteiger partial charge on any atom is 0.0816 e. The molecular weight excluding hydrogens is 258 g/mol. The first-order valence-electron chi connectivity index (χ1n) is 7.64. The van der Waals surface area contributed by atoms with Crippen LogP contribution < -0.4 is 0 Å². The molecule has 21 heavy (non-hydrogen) atoms. The number of hydrogen-bond donors (Lipinski definition) is 0. The van der Waals surface area contributed by atoms with Crippen molar-refractivity contribution >= 4 is 5.71 Å². The van der Waals surface area contributed by atoms with E-state index in [0.29, 0.717) is 12.0 Å². The molecule has 3 nitrogen and oxygen atoms in total. The lowest BCUT2D eigenvalue weighted by atomic mass is 9.86. The highest BCUT2D eigenvalue weighted by molar-refractivity contribution is 6.05. The summed E-state index contributed by atoms with van der Waals surface area (Å²) in [5.74, 6) is 0.475. The molecule has 0 saturated heterocycles. The van der Waals surface area contributed by atoms with E-state index in [2.05, 4.69) is 47.4 Å². The van der Waals surface area contributed by atoms with Gasteiger partial charge in [-0.15, -0.1) is 0 Å². The molecule has 2 aromatic rings. The lowest BCUT2D eigenvalue weighted by Crippen LogP contribution is -2.23. The quantitative estimate of drug-likeness (QED) is 0.799. The van der Waals surface area contributed by atoms with E-state index in [4.69, 9.17) is 5.10 Å². The lowest BCUT2D eigenvalue weighted by Gasteiger charge is -2.24. The first kappa shape index (κ1) is 12.6. The van der Waals surface area contributed by atoms with E-state index in [0.717, 1.165) is 6.42 Å². The van der Waals surface area contributed by atoms with Gasteiger partial charge >= 0.3 is 0 Å². The second-order valence-electron chi connectivity index (χ2n) is 5.95. The molecule has 1 aliphatic heterocycles. The minimum Gasteiger partial charge on any atom is -0.292 e. The van der Waals surface area contributed by atoms with Gasteiger partial charge in [-0.2, -0.15) is 5.10 Å². The van der Waals surface area contributed by atoms with Crippen LogP contribution >= 0.6 is 0 Å². The number of hydrogen-bond acceptors (Lipinski definition) is 3. The largest absolute Gasteiger partial charge is 0.292 e. The zero-order chi connectivity index (χ0) is 14.2. The Kier molecular flexibility index (Phi) is 2.99. The molecule has 2 heterocycles. The second kappa shape index (κ2) is 4.99. The molecule has 1 aliphatic carbocycles. The molecular formula is C18H19N3. The van der Waals surface area contributed by atoms with Crippen molar-refractivity contribution in [2.45, 2.75) is 25.3 Å². The van der Waals surface area contributed by atoms with Crippen LogP contribution in [0.3, 0.4) is 0 Å². The fraction of sp³-hybridized carbons (Fsp3) is 0.333. The minimum atomic E-state index is 0.319. The topological polar surface area (TPSA) is 28.5 Å². The molecule has 0 fully saturated rings. The van der Waals surface area contributed by atoms with Crippen LogP contribution in [-0.4, -0.2) is 22.8 Å². The van der Waals surface area contributed by atoms with Gasteiger partial charge in [-0.25, -0.2) is 0 Å². The van der Waals surface area contributed by atoms with E-state index in [1.54, 1.807) is 0 Å². The Morgan fingerprint density at radius 1 is 1.14 bits per heavy atom. The highest BCUT2D eigenvalue weighted by Crippen LogP contribution is 2.41. The van der Waals surface area contributed by atoms with Crippen LogP contribution in [0.1, 0.15) is 35.6 Å². The van der Waals surface area contributed by atoms with Crippen molar-refractivity contribution in [2.75, 3.05) is 7.05 Å². The molecule has 1 aromatic heterocycles. The van der Waals surface area contributed by atoms with Crippen molar-refractivity contribution < 1.29 is 0 Å². The third-order valence-corrected chi connectivity index (χ3v) is 4.68. The number of nitrogens with zero attached hydrogens (tertiary/aromatic N) is 3. The number of aromatic nitrogens is 1. The van der Waals surface area contributed by atoms with Crippen molar-refractivity contribution in [3.8, 4) is 0 Å². The molecule has 2 aliphatic rings. The summed E-state index contributed by atoms with van der Waals surface area (Å²) in [6.07, 6.45) is 7.40. The van der Waals surface area contributed by atoms with Crippen LogP contribution in [0.15, 0.2) is 53.9 Å². The number of rotatable bonds is 1. The predicted octanol–water partition coefficient (Wildman–Crippen LogP) is 3.42. The smallest absolute Gasteiger partial charge is 0.0816 e. The number of aryl methyl sites for hydroxylation is 1. The maximum atomic E-state index is 4.89. The molecule has 3 heteroatoms. The zero-order valence-electron chi connectivity index (χ0n) is 12.2. The van der Waals surface area contributed by atoms with E-state index in [1.165, 1.54) is 35.2 Å². The Balaban J connectivity index is 1.79. The van der Waals surface area contributed by atoms with Gasteiger partial charge in [-0.1, -0.05) is 30.3 Å². The first-order chi connectivity index (χ1) is 10.3. The van der Waals surface area contributed by atoms with Gasteiger partial charge in [0.15, 0.2) is 0 Å². The fourth-order valence-electron chi connectivity index (χ4n) is 3.76. The summed E-state index contributed by atoms with van der Waals surface area (Å²) in [6.45, 7) is 0. The number of fused-ring (bicyclic) bond motifs is 3. The second-order valence-corrected chi connectivity index (χ2v) is 5.95. The van der Waals surface area contributed by atoms with Gasteiger partial charge in [-0.3, -0.25) is 9.99 Å². The Hall–Kier alpha value is -2.16. The summed E-state index contributed by atoms with van der Waals surface area (Å²) in [5.41, 5.74) is 5.32. The summed E-state index contributed by atoms with van der Waals surface area (Å²) in [7, 11) is 2.09. The van der Waals surface area contributed by atoms with Gasteiger partial charge in [0, 0.05) is 30.9 Å². The molecule has 0 bridgehead atoms. The van der Waals surface area contributed by atoms with Crippen molar-refractivity contribution in [3.63, 3.8) is 0 Å². The molecule has 106 valence electrons. The van der Waals surface area contributed by atoms with E-state index in [1.807, 2.05) is 18.5 Å². The van der Waals surface area contributed by atoms with Crippen molar-refractivity contribution in [1.82, 2.24) is 9.99 Å². The molecule has 0 N–H and O–H groups in total. The maximum absolute atomic E-state index is 4.89. The monoisotopic (exact) mass is 277 g/mol. The Labute approximate surface area is 125 Å². The van der Waals surface area contributed by atoms with Crippen LogP contribution in [0, 0.1) is 5.92 Å². The van der Waals surface area contributed by atoms with E-state index in [9.17, 15) is 0 Å². The summed E-state index contributed by atoms with van der Waals surface area (Å²) in [6, 6.07) is 13.2. The van der Waals surface area contributed by atoms with Crippen LogP contribution in [0.4, 0.5) is 0 Å². The van der Waals surface area contributed by atoms with E-state index < -0.39 is 0 Å². The highest BCUT2D eigenvalue weighted by atomic mass is 15.5. The van der Waals surface area contributed by atoms with Crippen molar-refractivity contribution in [3.05, 3.63) is 65.5 Å². The average Bonchev–Trinajstić information content (AvgIpc) is 2.74. The number of hydrazone groups is 1. The zero-order valence-corrected chi connectivity index (χ0v) is 12.2. The van der Waals surface area contributed by atoms with Gasteiger partial charge in [0.25, 0.3) is 0 Å². The van der Waals surface area contributed by atoms with Crippen LogP contribution in [-0.2, 0) is 6.42 Å². The van der Waals surface area contributed by atoms with Gasteiger partial charge in [0.1, 0.15) is 0 Å². The van der Waals surface area contributed by atoms with Crippen LogP contribution in [0.5, 0.6) is 0 Å². The van der Waals surface area contributed by atoms with Gasteiger partial charge in [0.05, 0.1) is 11.8 Å². The van der Waals surface area contributed by atoms with Crippen LogP contribution in [0.25, 0.3) is 0 Å². The SMILES string of the molecule is CN1N=C2c3ccccc3CCCC2C1c1cccnc1.